The van der Waals surface area contributed by atoms with Crippen molar-refractivity contribution < 1.29 is 33.6 Å². The van der Waals surface area contributed by atoms with Crippen molar-refractivity contribution >= 4 is 0 Å². The number of halogens is 1. The van der Waals surface area contributed by atoms with Gasteiger partial charge in [-0.05, 0) is 12.8 Å². The zero-order valence-corrected chi connectivity index (χ0v) is 8.84. The van der Waals surface area contributed by atoms with Gasteiger partial charge in [-0.15, -0.1) is 0 Å². The van der Waals surface area contributed by atoms with Crippen LogP contribution in [0.5, 0.6) is 0 Å². The van der Waals surface area contributed by atoms with E-state index in [4.69, 9.17) is 0 Å². The summed E-state index contributed by atoms with van der Waals surface area (Å²) in [6.07, 6.45) is 2.13. The Hall–Kier alpha value is 0.650. The van der Waals surface area contributed by atoms with Gasteiger partial charge in [0.1, 0.15) is 12.6 Å². The van der Waals surface area contributed by atoms with Crippen molar-refractivity contribution in [3.63, 3.8) is 0 Å². The van der Waals surface area contributed by atoms with E-state index in [9.17, 15) is 5.11 Å². The molecule has 0 radical (unpaired) electrons. The van der Waals surface area contributed by atoms with Gasteiger partial charge in [0.2, 0.25) is 0 Å². The lowest BCUT2D eigenvalue weighted by Crippen LogP contribution is -3.00. The van der Waals surface area contributed by atoms with E-state index in [1.807, 2.05) is 0 Å². The molecule has 10 heavy (non-hydrogen) atoms. The van der Waals surface area contributed by atoms with E-state index in [1.54, 1.807) is 0 Å². The van der Waals surface area contributed by atoms with Crippen molar-refractivity contribution in [2.45, 2.75) is 18.9 Å². The number of aliphatic hydroxyl groups excluding tert-OH is 1. The van der Waals surface area contributed by atoms with Crippen LogP contribution >= 0.6 is 0 Å². The number of likely N-dealkylation sites (tertiary alicyclic amines) is 1. The van der Waals surface area contributed by atoms with Crippen molar-refractivity contribution in [3.8, 4) is 0 Å². The van der Waals surface area contributed by atoms with Gasteiger partial charge >= 0.3 is 0 Å². The highest BCUT2D eigenvalue weighted by Crippen LogP contribution is 2.13. The van der Waals surface area contributed by atoms with Crippen LogP contribution in [0.2, 0.25) is 0 Å². The van der Waals surface area contributed by atoms with Crippen LogP contribution in [0.25, 0.3) is 0 Å². The van der Waals surface area contributed by atoms with Gasteiger partial charge in [-0.25, -0.2) is 0 Å². The normalized spacial score (nSPS) is 30.9. The van der Waals surface area contributed by atoms with Crippen molar-refractivity contribution in [1.82, 2.24) is 0 Å². The third-order valence-electron chi connectivity index (χ3n) is 2.01. The second-order valence-electron chi connectivity index (χ2n) is 3.64. The molecule has 1 aliphatic rings. The fourth-order valence-corrected chi connectivity index (χ4v) is 1.51. The van der Waals surface area contributed by atoms with E-state index in [0.717, 1.165) is 17.4 Å². The second-order valence-corrected chi connectivity index (χ2v) is 3.64. The maximum atomic E-state index is 9.23. The predicted octanol–water partition coefficient (Wildman–Crippen LogP) is -2.78. The highest BCUT2D eigenvalue weighted by molar-refractivity contribution is 4.59. The van der Waals surface area contributed by atoms with Crippen molar-refractivity contribution in [2.24, 2.45) is 0 Å². The topological polar surface area (TPSA) is 20.2 Å². The number of piperidine rings is 1. The Morgan fingerprint density at radius 1 is 1.40 bits per heavy atom. The molecule has 0 aromatic rings. The summed E-state index contributed by atoms with van der Waals surface area (Å²) in [6, 6.07) is 0. The summed E-state index contributed by atoms with van der Waals surface area (Å²) >= 11 is 0. The van der Waals surface area contributed by atoms with Gasteiger partial charge < -0.3 is 33.6 Å². The van der Waals surface area contributed by atoms with Crippen molar-refractivity contribution in [2.75, 3.05) is 27.2 Å². The smallest absolute Gasteiger partial charge is 0.105 e. The summed E-state index contributed by atoms with van der Waals surface area (Å²) < 4.78 is 0.987. The number of aliphatic hydroxyl groups is 1. The second kappa shape index (κ2) is 3.88. The van der Waals surface area contributed by atoms with Gasteiger partial charge in [0, 0.05) is 0 Å². The van der Waals surface area contributed by atoms with Gasteiger partial charge in [-0.1, -0.05) is 0 Å². The number of rotatable bonds is 0. The first kappa shape index (κ1) is 10.7. The Morgan fingerprint density at radius 2 is 2.00 bits per heavy atom. The molecule has 0 saturated carbocycles. The number of likely N-dealkylation sites (N-methyl/N-ethyl adjacent to an activating group) is 1. The zero-order valence-electron chi connectivity index (χ0n) is 6.68. The van der Waals surface area contributed by atoms with E-state index in [1.165, 1.54) is 13.0 Å². The lowest BCUT2D eigenvalue weighted by molar-refractivity contribution is -0.898. The molecule has 1 aliphatic heterocycles. The van der Waals surface area contributed by atoms with Gasteiger partial charge in [-0.2, -0.15) is 0 Å². The molecule has 1 N–H and O–H groups in total. The maximum Gasteiger partial charge on any atom is 0.105 e. The summed E-state index contributed by atoms with van der Waals surface area (Å²) in [7, 11) is 4.34. The quantitative estimate of drug-likeness (QED) is 0.368. The Bertz CT molecular complexity index is 106. The molecule has 1 saturated heterocycles. The molecule has 0 spiro atoms. The number of quaternary nitrogens is 1. The Balaban J connectivity index is 0.000000810. The lowest BCUT2D eigenvalue weighted by Gasteiger charge is -2.35. The molecule has 1 fully saturated rings. The number of nitrogens with zero attached hydrogens (tertiary/aromatic N) is 1. The minimum Gasteiger partial charge on any atom is -1.00 e. The molecule has 0 amide bonds. The molecule has 0 unspecified atom stereocenters. The minimum atomic E-state index is -0.0475. The maximum absolute atomic E-state index is 9.23. The molecule has 62 valence electrons. The number of hydrogen-bond donors (Lipinski definition) is 1. The molecule has 1 heterocycles. The van der Waals surface area contributed by atoms with Gasteiger partial charge in [0.15, 0.2) is 0 Å². The fraction of sp³-hybridized carbons (Fsp3) is 1.00. The highest BCUT2D eigenvalue weighted by Gasteiger charge is 2.24. The molecular weight excluding hydrogens is 241 g/mol. The molecule has 0 aromatic carbocycles. The largest absolute Gasteiger partial charge is 1.00 e. The van der Waals surface area contributed by atoms with Crippen LogP contribution in [0.3, 0.4) is 0 Å². The minimum absolute atomic E-state index is 0. The Morgan fingerprint density at radius 3 is 2.30 bits per heavy atom. The summed E-state index contributed by atoms with van der Waals surface area (Å²) in [5, 5.41) is 9.23. The first-order chi connectivity index (χ1) is 4.10. The lowest BCUT2D eigenvalue weighted by atomic mass is 10.1. The van der Waals surface area contributed by atoms with E-state index in [2.05, 4.69) is 14.1 Å². The SMILES string of the molecule is C[N+]1(C)CCC[C@H](O)C1.[I-]. The molecule has 0 aromatic heterocycles. The average molecular weight is 257 g/mol. The van der Waals surface area contributed by atoms with E-state index >= 15 is 0 Å². The van der Waals surface area contributed by atoms with Crippen LogP contribution in [0, 0.1) is 0 Å². The van der Waals surface area contributed by atoms with Gasteiger partial charge in [0.25, 0.3) is 0 Å². The van der Waals surface area contributed by atoms with Crippen molar-refractivity contribution in [1.29, 1.82) is 0 Å². The third kappa shape index (κ3) is 3.16. The molecule has 2 nitrogen and oxygen atoms in total. The van der Waals surface area contributed by atoms with Crippen LogP contribution in [-0.2, 0) is 0 Å². The highest BCUT2D eigenvalue weighted by atomic mass is 127. The Labute approximate surface area is 79.8 Å². The molecule has 1 rings (SSSR count). The Kier molecular flexibility index (Phi) is 4.13. The molecule has 0 bridgehead atoms. The first-order valence-electron chi connectivity index (χ1n) is 3.60. The van der Waals surface area contributed by atoms with E-state index < -0.39 is 0 Å². The molecule has 1 atom stereocenters. The molecule has 3 heteroatoms. The van der Waals surface area contributed by atoms with Gasteiger partial charge in [-0.3, -0.25) is 0 Å². The predicted molar refractivity (Wildman–Crippen MR) is 37.1 cm³/mol. The van der Waals surface area contributed by atoms with Gasteiger partial charge in [0.05, 0.1) is 20.6 Å². The summed E-state index contributed by atoms with van der Waals surface area (Å²) in [4.78, 5) is 0. The van der Waals surface area contributed by atoms with E-state index in [0.29, 0.717) is 0 Å². The monoisotopic (exact) mass is 257 g/mol. The van der Waals surface area contributed by atoms with E-state index in [-0.39, 0.29) is 30.1 Å². The first-order valence-corrected chi connectivity index (χ1v) is 3.60. The third-order valence-corrected chi connectivity index (χ3v) is 2.01. The summed E-state index contributed by atoms with van der Waals surface area (Å²) in [6.45, 7) is 2.15. The van der Waals surface area contributed by atoms with Crippen LogP contribution < -0.4 is 24.0 Å². The van der Waals surface area contributed by atoms with Crippen molar-refractivity contribution in [3.05, 3.63) is 0 Å². The molecular formula is C7H16INO. The number of hydrogen-bond acceptors (Lipinski definition) is 1. The molecule has 0 aliphatic carbocycles. The fourth-order valence-electron chi connectivity index (χ4n) is 1.51. The standard InChI is InChI=1S/C7H16NO.HI/c1-8(2)5-3-4-7(9)6-8;/h7,9H,3-6H2,1-2H3;1H/q+1;/p-1/t7-;/m0./s1. The summed E-state index contributed by atoms with van der Waals surface area (Å²) in [5.74, 6) is 0. The summed E-state index contributed by atoms with van der Waals surface area (Å²) in [5.41, 5.74) is 0. The van der Waals surface area contributed by atoms with Crippen LogP contribution in [0.15, 0.2) is 0 Å². The average Bonchev–Trinajstić information content (AvgIpc) is 1.60. The van der Waals surface area contributed by atoms with Crippen LogP contribution in [-0.4, -0.2) is 42.9 Å². The van der Waals surface area contributed by atoms with Crippen LogP contribution in [0.4, 0.5) is 0 Å². The van der Waals surface area contributed by atoms with Crippen LogP contribution in [0.1, 0.15) is 12.8 Å². The zero-order chi connectivity index (χ0) is 6.91.